The fraction of sp³-hybridized carbons (Fsp3) is 0.923. The van der Waals surface area contributed by atoms with Crippen molar-refractivity contribution in [1.82, 2.24) is 4.90 Å². The summed E-state index contributed by atoms with van der Waals surface area (Å²) < 4.78 is 5.80. The SMILES string of the molecule is CCCN(CCC)C(=O)O[Si](C)(C)C(C)(C)C. The maximum atomic E-state index is 12.1. The Bertz CT molecular complexity index is 240. The zero-order valence-corrected chi connectivity index (χ0v) is 13.6. The molecule has 0 spiro atoms. The molecule has 0 heterocycles. The van der Waals surface area contributed by atoms with Gasteiger partial charge in [0.05, 0.1) is 0 Å². The van der Waals surface area contributed by atoms with Crippen molar-refractivity contribution < 1.29 is 9.22 Å². The average Bonchev–Trinajstić information content (AvgIpc) is 2.14. The van der Waals surface area contributed by atoms with Crippen LogP contribution in [-0.4, -0.2) is 32.4 Å². The predicted octanol–water partition coefficient (Wildman–Crippen LogP) is 4.25. The van der Waals surface area contributed by atoms with Gasteiger partial charge in [-0.2, -0.15) is 0 Å². The van der Waals surface area contributed by atoms with Gasteiger partial charge in [-0.1, -0.05) is 34.6 Å². The molecule has 0 aliphatic carbocycles. The highest BCUT2D eigenvalue weighted by Gasteiger charge is 2.41. The first kappa shape index (κ1) is 16.5. The largest absolute Gasteiger partial charge is 0.503 e. The van der Waals surface area contributed by atoms with Gasteiger partial charge in [0.1, 0.15) is 0 Å². The quantitative estimate of drug-likeness (QED) is 0.691. The molecule has 0 aromatic heterocycles. The summed E-state index contributed by atoms with van der Waals surface area (Å²) in [5.74, 6) is 0. The lowest BCUT2D eigenvalue weighted by atomic mass is 10.2. The number of rotatable bonds is 5. The molecule has 0 saturated heterocycles. The Morgan fingerprint density at radius 2 is 1.53 bits per heavy atom. The van der Waals surface area contributed by atoms with Gasteiger partial charge in [0, 0.05) is 13.1 Å². The second kappa shape index (κ2) is 6.43. The minimum absolute atomic E-state index is 0.0762. The zero-order valence-electron chi connectivity index (χ0n) is 12.6. The van der Waals surface area contributed by atoms with Crippen LogP contribution in [0.4, 0.5) is 4.79 Å². The van der Waals surface area contributed by atoms with Gasteiger partial charge >= 0.3 is 6.09 Å². The molecule has 0 aliphatic rings. The fourth-order valence-electron chi connectivity index (χ4n) is 1.27. The molecule has 0 N–H and O–H groups in total. The van der Waals surface area contributed by atoms with Crippen LogP contribution in [0.15, 0.2) is 0 Å². The van der Waals surface area contributed by atoms with E-state index in [1.54, 1.807) is 0 Å². The molecule has 0 aromatic carbocycles. The molecule has 0 fully saturated rings. The van der Waals surface area contributed by atoms with Gasteiger partial charge in [0.2, 0.25) is 0 Å². The van der Waals surface area contributed by atoms with Crippen LogP contribution in [0.3, 0.4) is 0 Å². The first-order valence-electron chi connectivity index (χ1n) is 6.63. The van der Waals surface area contributed by atoms with E-state index in [0.29, 0.717) is 0 Å². The molecule has 3 nitrogen and oxygen atoms in total. The summed E-state index contributed by atoms with van der Waals surface area (Å²) in [6, 6.07) is 0. The van der Waals surface area contributed by atoms with E-state index in [9.17, 15) is 4.79 Å². The summed E-state index contributed by atoms with van der Waals surface area (Å²) in [5, 5.41) is 0.0762. The van der Waals surface area contributed by atoms with E-state index in [-0.39, 0.29) is 11.1 Å². The van der Waals surface area contributed by atoms with Crippen LogP contribution >= 0.6 is 0 Å². The second-order valence-corrected chi connectivity index (χ2v) is 10.8. The van der Waals surface area contributed by atoms with Crippen molar-refractivity contribution in [3.63, 3.8) is 0 Å². The number of hydrogen-bond acceptors (Lipinski definition) is 2. The van der Waals surface area contributed by atoms with Crippen LogP contribution in [0.2, 0.25) is 18.1 Å². The number of carbonyl (C=O) groups is 1. The van der Waals surface area contributed by atoms with E-state index in [2.05, 4.69) is 47.7 Å². The Kier molecular flexibility index (Phi) is 6.23. The lowest BCUT2D eigenvalue weighted by Gasteiger charge is -2.37. The van der Waals surface area contributed by atoms with Gasteiger partial charge in [0.25, 0.3) is 8.32 Å². The van der Waals surface area contributed by atoms with Crippen molar-refractivity contribution in [2.75, 3.05) is 13.1 Å². The van der Waals surface area contributed by atoms with Crippen molar-refractivity contribution in [2.45, 2.75) is 65.6 Å². The summed E-state index contributed by atoms with van der Waals surface area (Å²) in [5.41, 5.74) is 0. The average molecular weight is 259 g/mol. The summed E-state index contributed by atoms with van der Waals surface area (Å²) in [7, 11) is -1.98. The van der Waals surface area contributed by atoms with Crippen LogP contribution in [-0.2, 0) is 4.43 Å². The van der Waals surface area contributed by atoms with Crippen LogP contribution < -0.4 is 0 Å². The molecule has 0 saturated carbocycles. The molecule has 1 amide bonds. The molecule has 0 aromatic rings. The lowest BCUT2D eigenvalue weighted by Crippen LogP contribution is -2.47. The molecule has 0 atom stereocenters. The van der Waals surface area contributed by atoms with E-state index >= 15 is 0 Å². The number of amides is 1. The Labute approximate surface area is 108 Å². The van der Waals surface area contributed by atoms with E-state index < -0.39 is 8.32 Å². The first-order chi connectivity index (χ1) is 7.65. The molecule has 0 radical (unpaired) electrons. The topological polar surface area (TPSA) is 29.5 Å². The zero-order chi connectivity index (χ0) is 13.7. The van der Waals surface area contributed by atoms with E-state index in [0.717, 1.165) is 25.9 Å². The highest BCUT2D eigenvalue weighted by Crippen LogP contribution is 2.36. The predicted molar refractivity (Wildman–Crippen MR) is 75.8 cm³/mol. The van der Waals surface area contributed by atoms with E-state index in [1.165, 1.54) is 0 Å². The van der Waals surface area contributed by atoms with Gasteiger partial charge in [0.15, 0.2) is 0 Å². The second-order valence-electron chi connectivity index (χ2n) is 6.12. The summed E-state index contributed by atoms with van der Waals surface area (Å²) in [4.78, 5) is 14.0. The Hall–Kier alpha value is -0.513. The van der Waals surface area contributed by atoms with Gasteiger partial charge in [-0.15, -0.1) is 0 Å². The maximum absolute atomic E-state index is 12.1. The van der Waals surface area contributed by atoms with E-state index in [4.69, 9.17) is 4.43 Å². The normalized spacial score (nSPS) is 12.4. The highest BCUT2D eigenvalue weighted by molar-refractivity contribution is 6.75. The fourth-order valence-corrected chi connectivity index (χ4v) is 2.14. The first-order valence-corrected chi connectivity index (χ1v) is 9.54. The van der Waals surface area contributed by atoms with Gasteiger partial charge in [-0.05, 0) is 31.0 Å². The molecule has 17 heavy (non-hydrogen) atoms. The minimum atomic E-state index is -1.98. The minimum Gasteiger partial charge on any atom is -0.503 e. The highest BCUT2D eigenvalue weighted by atomic mass is 28.4. The Morgan fingerprint density at radius 1 is 1.12 bits per heavy atom. The van der Waals surface area contributed by atoms with Crippen LogP contribution in [0, 0.1) is 0 Å². The van der Waals surface area contributed by atoms with Crippen molar-refractivity contribution >= 4 is 14.4 Å². The molecular weight excluding hydrogens is 230 g/mol. The number of hydrogen-bond donors (Lipinski definition) is 0. The number of nitrogens with zero attached hydrogens (tertiary/aromatic N) is 1. The third kappa shape index (κ3) is 5.11. The smallest absolute Gasteiger partial charge is 0.396 e. The van der Waals surface area contributed by atoms with E-state index in [1.807, 2.05) is 4.90 Å². The summed E-state index contributed by atoms with van der Waals surface area (Å²) in [6.45, 7) is 16.4. The maximum Gasteiger partial charge on any atom is 0.396 e. The molecule has 0 unspecified atom stereocenters. The van der Waals surface area contributed by atoms with Gasteiger partial charge in [-0.25, -0.2) is 4.79 Å². The number of carbonyl (C=O) groups excluding carboxylic acids is 1. The van der Waals surface area contributed by atoms with Crippen LogP contribution in [0.25, 0.3) is 0 Å². The van der Waals surface area contributed by atoms with Crippen molar-refractivity contribution in [3.8, 4) is 0 Å². The Morgan fingerprint density at radius 3 is 1.82 bits per heavy atom. The molecule has 4 heteroatoms. The standard InChI is InChI=1S/C13H29NO2Si/c1-8-10-14(11-9-2)12(15)16-17(6,7)13(3,4)5/h8-11H2,1-7H3. The molecule has 0 aliphatic heterocycles. The van der Waals surface area contributed by atoms with Crippen molar-refractivity contribution in [2.24, 2.45) is 0 Å². The lowest BCUT2D eigenvalue weighted by molar-refractivity contribution is 0.147. The Balaban J connectivity index is 4.59. The summed E-state index contributed by atoms with van der Waals surface area (Å²) in [6.07, 6.45) is 1.83. The molecule has 0 bridgehead atoms. The monoisotopic (exact) mass is 259 g/mol. The van der Waals surface area contributed by atoms with Gasteiger partial charge < -0.3 is 9.33 Å². The summed E-state index contributed by atoms with van der Waals surface area (Å²) >= 11 is 0. The third-order valence-electron chi connectivity index (χ3n) is 3.39. The van der Waals surface area contributed by atoms with Crippen LogP contribution in [0.5, 0.6) is 0 Å². The van der Waals surface area contributed by atoms with Crippen LogP contribution in [0.1, 0.15) is 47.5 Å². The molecular formula is C13H29NO2Si. The molecule has 102 valence electrons. The van der Waals surface area contributed by atoms with Gasteiger partial charge in [-0.3, -0.25) is 0 Å². The third-order valence-corrected chi connectivity index (χ3v) is 7.69. The van der Waals surface area contributed by atoms with Crippen molar-refractivity contribution in [1.29, 1.82) is 0 Å². The van der Waals surface area contributed by atoms with Crippen molar-refractivity contribution in [3.05, 3.63) is 0 Å². The molecule has 0 rings (SSSR count).